The van der Waals surface area contributed by atoms with Crippen LogP contribution in [0.5, 0.6) is 5.75 Å². The predicted molar refractivity (Wildman–Crippen MR) is 154 cm³/mol. The van der Waals surface area contributed by atoms with Crippen LogP contribution in [0.25, 0.3) is 11.3 Å². The fourth-order valence-electron chi connectivity index (χ4n) is 5.31. The normalized spacial score (nSPS) is 17.7. The van der Waals surface area contributed by atoms with E-state index < -0.39 is 42.5 Å². The molecule has 0 saturated carbocycles. The van der Waals surface area contributed by atoms with Crippen molar-refractivity contribution < 1.29 is 31.4 Å². The molecule has 230 valence electrons. The van der Waals surface area contributed by atoms with Gasteiger partial charge in [-0.2, -0.15) is 13.2 Å². The summed E-state index contributed by atoms with van der Waals surface area (Å²) in [5, 5.41) is 0. The van der Waals surface area contributed by atoms with E-state index in [9.17, 15) is 8.78 Å². The zero-order chi connectivity index (χ0) is 29.7. The molecule has 0 aliphatic heterocycles. The summed E-state index contributed by atoms with van der Waals surface area (Å²) in [6.45, 7) is 3.76. The summed E-state index contributed by atoms with van der Waals surface area (Å²) in [5.41, 5.74) is 0.164. The molecule has 0 bridgehead atoms. The smallest absolute Gasteiger partial charge is 0.303 e. The number of hydrogen-bond donors (Lipinski definition) is 0. The van der Waals surface area contributed by atoms with Crippen LogP contribution in [0.1, 0.15) is 108 Å². The van der Waals surface area contributed by atoms with Crippen molar-refractivity contribution in [3.05, 3.63) is 47.4 Å². The largest absolute Gasteiger partial charge is 0.491 e. The molecule has 1 aromatic heterocycles. The highest BCUT2D eigenvalue weighted by atomic mass is 19.3. The summed E-state index contributed by atoms with van der Waals surface area (Å²) in [5.74, 6) is -4.38. The van der Waals surface area contributed by atoms with Gasteiger partial charge in [0.15, 0.2) is 0 Å². The van der Waals surface area contributed by atoms with E-state index >= 15 is 13.2 Å². The van der Waals surface area contributed by atoms with Gasteiger partial charge in [-0.05, 0) is 61.6 Å². The standard InChI is InChI=1S/C33H46F5NO2/c1-3-5-7-9-10-12-14-26(34)22-40-28-18-15-24(16-19-28)29-21-25-17-20-30(33(37,38)31(25)32(36)39-29)41-23-27(35)13-11-8-6-4-2/h15-16,18-19,21,26-27,30H,3-14,17,20,22-23H2,1-2H3. The summed E-state index contributed by atoms with van der Waals surface area (Å²) < 4.78 is 84.7. The molecule has 0 radical (unpaired) electrons. The number of ether oxygens (including phenoxy) is 2. The Morgan fingerprint density at radius 3 is 2.10 bits per heavy atom. The number of aromatic nitrogens is 1. The molecule has 0 amide bonds. The Balaban J connectivity index is 1.54. The summed E-state index contributed by atoms with van der Waals surface area (Å²) in [4.78, 5) is 3.83. The van der Waals surface area contributed by atoms with Gasteiger partial charge < -0.3 is 9.47 Å². The molecule has 3 rings (SSSR count). The van der Waals surface area contributed by atoms with Crippen molar-refractivity contribution in [2.24, 2.45) is 0 Å². The molecule has 8 heteroatoms. The Morgan fingerprint density at radius 2 is 1.44 bits per heavy atom. The number of halogens is 5. The number of benzene rings is 1. The SMILES string of the molecule is CCCCCCCCC(F)COc1ccc(-c2cc3c(c(F)n2)C(F)(F)C(OCC(F)CCCCCC)CC3)cc1. The van der Waals surface area contributed by atoms with Gasteiger partial charge in [0.1, 0.15) is 30.8 Å². The molecule has 41 heavy (non-hydrogen) atoms. The first kappa shape index (κ1) is 33.3. The molecular formula is C33H46F5NO2. The van der Waals surface area contributed by atoms with E-state index in [1.807, 2.05) is 0 Å². The van der Waals surface area contributed by atoms with Crippen LogP contribution in [0.4, 0.5) is 22.0 Å². The zero-order valence-corrected chi connectivity index (χ0v) is 24.6. The Hall–Kier alpha value is -2.22. The van der Waals surface area contributed by atoms with Gasteiger partial charge in [0.05, 0.1) is 17.9 Å². The van der Waals surface area contributed by atoms with E-state index in [0.29, 0.717) is 24.2 Å². The molecule has 1 aromatic carbocycles. The second kappa shape index (κ2) is 17.0. The first-order valence-electron chi connectivity index (χ1n) is 15.5. The summed E-state index contributed by atoms with van der Waals surface area (Å²) >= 11 is 0. The van der Waals surface area contributed by atoms with Gasteiger partial charge in [-0.3, -0.25) is 0 Å². The third kappa shape index (κ3) is 10.2. The number of rotatable bonds is 19. The van der Waals surface area contributed by atoms with E-state index in [1.165, 1.54) is 25.3 Å². The lowest BCUT2D eigenvalue weighted by atomic mass is 9.86. The van der Waals surface area contributed by atoms with Gasteiger partial charge in [0.25, 0.3) is 0 Å². The monoisotopic (exact) mass is 583 g/mol. The lowest BCUT2D eigenvalue weighted by Gasteiger charge is -2.33. The maximum absolute atomic E-state index is 15.2. The predicted octanol–water partition coefficient (Wildman–Crippen LogP) is 10.1. The second-order valence-corrected chi connectivity index (χ2v) is 11.3. The van der Waals surface area contributed by atoms with Crippen molar-refractivity contribution in [3.8, 4) is 17.0 Å². The summed E-state index contributed by atoms with van der Waals surface area (Å²) in [6.07, 6.45) is 7.11. The molecule has 0 fully saturated rings. The van der Waals surface area contributed by atoms with Gasteiger partial charge in [-0.25, -0.2) is 13.8 Å². The lowest BCUT2D eigenvalue weighted by Crippen LogP contribution is -2.40. The molecule has 2 aromatic rings. The molecular weight excluding hydrogens is 537 g/mol. The lowest BCUT2D eigenvalue weighted by molar-refractivity contribution is -0.160. The highest BCUT2D eigenvalue weighted by molar-refractivity contribution is 5.62. The van der Waals surface area contributed by atoms with Crippen LogP contribution in [0.15, 0.2) is 30.3 Å². The van der Waals surface area contributed by atoms with Crippen molar-refractivity contribution in [3.63, 3.8) is 0 Å². The van der Waals surface area contributed by atoms with E-state index in [1.54, 1.807) is 24.3 Å². The molecule has 0 spiro atoms. The van der Waals surface area contributed by atoms with Crippen molar-refractivity contribution in [2.45, 2.75) is 128 Å². The minimum absolute atomic E-state index is 0.0403. The van der Waals surface area contributed by atoms with Gasteiger partial charge in [-0.15, -0.1) is 0 Å². The van der Waals surface area contributed by atoms with Crippen molar-refractivity contribution in [2.75, 3.05) is 13.2 Å². The maximum Gasteiger partial charge on any atom is 0.303 e. The molecule has 3 unspecified atom stereocenters. The zero-order valence-electron chi connectivity index (χ0n) is 24.6. The number of pyridine rings is 1. The molecule has 3 atom stereocenters. The van der Waals surface area contributed by atoms with Crippen molar-refractivity contribution in [1.29, 1.82) is 0 Å². The Labute approximate surface area is 242 Å². The van der Waals surface area contributed by atoms with Crippen molar-refractivity contribution >= 4 is 0 Å². The minimum Gasteiger partial charge on any atom is -0.491 e. The second-order valence-electron chi connectivity index (χ2n) is 11.3. The van der Waals surface area contributed by atoms with Gasteiger partial charge in [0, 0.05) is 5.56 Å². The fourth-order valence-corrected chi connectivity index (χ4v) is 5.31. The van der Waals surface area contributed by atoms with Crippen LogP contribution in [0.3, 0.4) is 0 Å². The minimum atomic E-state index is -3.61. The molecule has 0 saturated heterocycles. The maximum atomic E-state index is 15.2. The number of alkyl halides is 4. The van der Waals surface area contributed by atoms with E-state index in [-0.39, 0.29) is 37.1 Å². The number of nitrogens with zero attached hydrogens (tertiary/aromatic N) is 1. The van der Waals surface area contributed by atoms with Crippen LogP contribution in [-0.4, -0.2) is 36.6 Å². The topological polar surface area (TPSA) is 31.4 Å². The summed E-state index contributed by atoms with van der Waals surface area (Å²) in [6, 6.07) is 8.06. The average Bonchev–Trinajstić information content (AvgIpc) is 2.95. The number of fused-ring (bicyclic) bond motifs is 1. The summed E-state index contributed by atoms with van der Waals surface area (Å²) in [7, 11) is 0. The molecule has 1 heterocycles. The molecule has 1 aliphatic rings. The van der Waals surface area contributed by atoms with E-state index in [0.717, 1.165) is 38.5 Å². The van der Waals surface area contributed by atoms with E-state index in [4.69, 9.17) is 9.47 Å². The first-order chi connectivity index (χ1) is 19.8. The third-order valence-corrected chi connectivity index (χ3v) is 7.77. The molecule has 1 aliphatic carbocycles. The Morgan fingerprint density at radius 1 is 0.854 bits per heavy atom. The molecule has 0 N–H and O–H groups in total. The van der Waals surface area contributed by atoms with Crippen LogP contribution < -0.4 is 4.74 Å². The first-order valence-corrected chi connectivity index (χ1v) is 15.5. The van der Waals surface area contributed by atoms with Crippen LogP contribution in [-0.2, 0) is 17.1 Å². The third-order valence-electron chi connectivity index (χ3n) is 7.77. The number of hydrogen-bond acceptors (Lipinski definition) is 3. The Kier molecular flexibility index (Phi) is 13.8. The fraction of sp³-hybridized carbons (Fsp3) is 0.667. The quantitative estimate of drug-likeness (QED) is 0.0937. The number of unbranched alkanes of at least 4 members (excludes halogenated alkanes) is 8. The highest BCUT2D eigenvalue weighted by Crippen LogP contribution is 2.44. The van der Waals surface area contributed by atoms with E-state index in [2.05, 4.69) is 18.8 Å². The van der Waals surface area contributed by atoms with Gasteiger partial charge in [0.2, 0.25) is 5.95 Å². The Bertz CT molecular complexity index is 1030. The van der Waals surface area contributed by atoms with Gasteiger partial charge in [-0.1, -0.05) is 78.1 Å². The van der Waals surface area contributed by atoms with Crippen LogP contribution >= 0.6 is 0 Å². The van der Waals surface area contributed by atoms with Crippen molar-refractivity contribution in [1.82, 2.24) is 4.98 Å². The number of aryl methyl sites for hydroxylation is 1. The van der Waals surface area contributed by atoms with Crippen LogP contribution in [0, 0.1) is 5.95 Å². The highest BCUT2D eigenvalue weighted by Gasteiger charge is 2.49. The molecule has 3 nitrogen and oxygen atoms in total. The van der Waals surface area contributed by atoms with Crippen LogP contribution in [0.2, 0.25) is 0 Å². The van der Waals surface area contributed by atoms with Gasteiger partial charge >= 0.3 is 5.92 Å². The average molecular weight is 584 g/mol.